The smallest absolute Gasteiger partial charge is 0.374 e. The summed E-state index contributed by atoms with van der Waals surface area (Å²) in [4.78, 5) is 11.4. The van der Waals surface area contributed by atoms with Gasteiger partial charge in [-0.15, -0.1) is 0 Å². The predicted molar refractivity (Wildman–Crippen MR) is 60.5 cm³/mol. The van der Waals surface area contributed by atoms with Gasteiger partial charge in [-0.2, -0.15) is 0 Å². The van der Waals surface area contributed by atoms with E-state index in [2.05, 4.69) is 4.74 Å². The minimum Gasteiger partial charge on any atom is -0.463 e. The van der Waals surface area contributed by atoms with Crippen LogP contribution in [0.4, 0.5) is 0 Å². The lowest BCUT2D eigenvalue weighted by molar-refractivity contribution is 0.0566. The average molecular weight is 237 g/mol. The van der Waals surface area contributed by atoms with Gasteiger partial charge in [-0.25, -0.2) is 4.79 Å². The van der Waals surface area contributed by atoms with Gasteiger partial charge in [-0.05, 0) is 23.8 Å². The highest BCUT2D eigenvalue weighted by molar-refractivity contribution is 6.30. The first-order chi connectivity index (χ1) is 7.72. The Labute approximate surface area is 97.6 Å². The maximum atomic E-state index is 11.4. The zero-order valence-corrected chi connectivity index (χ0v) is 9.32. The molecular weight excluding hydrogens is 228 g/mol. The van der Waals surface area contributed by atoms with Crippen molar-refractivity contribution in [2.45, 2.75) is 0 Å². The Balaban J connectivity index is 2.44. The summed E-state index contributed by atoms with van der Waals surface area (Å²) in [5, 5.41) is 0.645. The van der Waals surface area contributed by atoms with Crippen LogP contribution in [0.1, 0.15) is 10.6 Å². The number of rotatable bonds is 2. The number of methoxy groups -OCH3 is 1. The van der Waals surface area contributed by atoms with Crippen molar-refractivity contribution in [2.24, 2.45) is 0 Å². The highest BCUT2D eigenvalue weighted by Gasteiger charge is 2.16. The van der Waals surface area contributed by atoms with Gasteiger partial charge in [0.05, 0.1) is 13.4 Å². The Morgan fingerprint density at radius 2 is 1.94 bits per heavy atom. The Bertz CT molecular complexity index is 499. The molecule has 0 radical (unpaired) electrons. The SMILES string of the molecule is COC(=O)c1occc1-c1ccc(Cl)cc1. The molecule has 0 aliphatic heterocycles. The molecule has 16 heavy (non-hydrogen) atoms. The van der Waals surface area contributed by atoms with Crippen molar-refractivity contribution in [1.82, 2.24) is 0 Å². The second kappa shape index (κ2) is 4.41. The van der Waals surface area contributed by atoms with E-state index >= 15 is 0 Å². The molecule has 0 spiro atoms. The van der Waals surface area contributed by atoms with Crippen molar-refractivity contribution in [3.8, 4) is 11.1 Å². The summed E-state index contributed by atoms with van der Waals surface area (Å²) >= 11 is 5.79. The summed E-state index contributed by atoms with van der Waals surface area (Å²) in [6, 6.07) is 8.87. The van der Waals surface area contributed by atoms with E-state index in [0.29, 0.717) is 10.6 Å². The van der Waals surface area contributed by atoms with Crippen molar-refractivity contribution < 1.29 is 13.9 Å². The second-order valence-corrected chi connectivity index (χ2v) is 3.60. The van der Waals surface area contributed by atoms with E-state index in [1.54, 1.807) is 18.2 Å². The number of ether oxygens (including phenoxy) is 1. The van der Waals surface area contributed by atoms with Crippen molar-refractivity contribution in [3.63, 3.8) is 0 Å². The second-order valence-electron chi connectivity index (χ2n) is 3.16. The summed E-state index contributed by atoms with van der Waals surface area (Å²) in [5.74, 6) is -0.292. The van der Waals surface area contributed by atoms with Crippen molar-refractivity contribution in [1.29, 1.82) is 0 Å². The minimum atomic E-state index is -0.491. The van der Waals surface area contributed by atoms with Crippen LogP contribution in [0.3, 0.4) is 0 Å². The average Bonchev–Trinajstić information content (AvgIpc) is 2.78. The van der Waals surface area contributed by atoms with Gasteiger partial charge in [0, 0.05) is 10.6 Å². The lowest BCUT2D eigenvalue weighted by Gasteiger charge is -2.01. The van der Waals surface area contributed by atoms with Crippen LogP contribution >= 0.6 is 11.6 Å². The number of hydrogen-bond donors (Lipinski definition) is 0. The van der Waals surface area contributed by atoms with Gasteiger partial charge in [0.15, 0.2) is 0 Å². The Morgan fingerprint density at radius 3 is 2.56 bits per heavy atom. The van der Waals surface area contributed by atoms with E-state index < -0.39 is 5.97 Å². The number of esters is 1. The van der Waals surface area contributed by atoms with E-state index in [1.807, 2.05) is 12.1 Å². The number of carbonyl (C=O) groups is 1. The molecule has 82 valence electrons. The van der Waals surface area contributed by atoms with E-state index in [0.717, 1.165) is 5.56 Å². The van der Waals surface area contributed by atoms with Crippen molar-refractivity contribution in [3.05, 3.63) is 47.4 Å². The van der Waals surface area contributed by atoms with Gasteiger partial charge in [0.25, 0.3) is 0 Å². The van der Waals surface area contributed by atoms with Gasteiger partial charge in [0.2, 0.25) is 5.76 Å². The predicted octanol–water partition coefficient (Wildman–Crippen LogP) is 3.39. The molecule has 0 unspecified atom stereocenters. The summed E-state index contributed by atoms with van der Waals surface area (Å²) in [5.41, 5.74) is 1.56. The van der Waals surface area contributed by atoms with E-state index in [4.69, 9.17) is 16.0 Å². The molecule has 2 rings (SSSR count). The fraction of sp³-hybridized carbons (Fsp3) is 0.0833. The van der Waals surface area contributed by atoms with Crippen LogP contribution in [0.25, 0.3) is 11.1 Å². The van der Waals surface area contributed by atoms with Gasteiger partial charge in [-0.3, -0.25) is 0 Å². The third kappa shape index (κ3) is 1.95. The van der Waals surface area contributed by atoms with Crippen LogP contribution in [-0.2, 0) is 4.74 Å². The van der Waals surface area contributed by atoms with Crippen LogP contribution < -0.4 is 0 Å². The molecule has 0 aliphatic carbocycles. The molecule has 0 amide bonds. The van der Waals surface area contributed by atoms with Crippen molar-refractivity contribution in [2.75, 3.05) is 7.11 Å². The number of furan rings is 1. The molecule has 0 bridgehead atoms. The Morgan fingerprint density at radius 1 is 1.25 bits per heavy atom. The summed E-state index contributed by atoms with van der Waals surface area (Å²) in [7, 11) is 1.32. The van der Waals surface area contributed by atoms with Gasteiger partial charge >= 0.3 is 5.97 Å². The molecule has 0 saturated carbocycles. The van der Waals surface area contributed by atoms with Gasteiger partial charge in [0.1, 0.15) is 0 Å². The van der Waals surface area contributed by atoms with Crippen LogP contribution in [0.5, 0.6) is 0 Å². The fourth-order valence-corrected chi connectivity index (χ4v) is 1.54. The van der Waals surface area contributed by atoms with E-state index in [1.165, 1.54) is 13.4 Å². The standard InChI is InChI=1S/C12H9ClO3/c1-15-12(14)11-10(6-7-16-11)8-2-4-9(13)5-3-8/h2-7H,1H3. The molecule has 0 N–H and O–H groups in total. The molecule has 1 heterocycles. The number of halogens is 1. The van der Waals surface area contributed by atoms with Crippen molar-refractivity contribution >= 4 is 17.6 Å². The molecule has 1 aromatic heterocycles. The fourth-order valence-electron chi connectivity index (χ4n) is 1.42. The maximum absolute atomic E-state index is 11.4. The number of hydrogen-bond acceptors (Lipinski definition) is 3. The van der Waals surface area contributed by atoms with Gasteiger partial charge < -0.3 is 9.15 Å². The molecule has 0 atom stereocenters. The highest BCUT2D eigenvalue weighted by Crippen LogP contribution is 2.26. The Hall–Kier alpha value is -1.74. The first-order valence-electron chi connectivity index (χ1n) is 4.64. The summed E-state index contributed by atoms with van der Waals surface area (Å²) < 4.78 is 9.72. The quantitative estimate of drug-likeness (QED) is 0.751. The molecule has 0 saturated heterocycles. The normalized spacial score (nSPS) is 10.1. The topological polar surface area (TPSA) is 39.4 Å². The molecule has 1 aromatic carbocycles. The van der Waals surface area contributed by atoms with Crippen LogP contribution in [0.15, 0.2) is 41.0 Å². The van der Waals surface area contributed by atoms with Crippen LogP contribution in [0, 0.1) is 0 Å². The monoisotopic (exact) mass is 236 g/mol. The largest absolute Gasteiger partial charge is 0.463 e. The zero-order valence-electron chi connectivity index (χ0n) is 8.57. The minimum absolute atomic E-state index is 0.199. The van der Waals surface area contributed by atoms with E-state index in [9.17, 15) is 4.79 Å². The third-order valence-corrected chi connectivity index (χ3v) is 2.44. The highest BCUT2D eigenvalue weighted by atomic mass is 35.5. The zero-order chi connectivity index (χ0) is 11.5. The first kappa shape index (κ1) is 10.8. The third-order valence-electron chi connectivity index (χ3n) is 2.19. The number of carbonyl (C=O) groups excluding carboxylic acids is 1. The number of benzene rings is 1. The molecule has 0 aliphatic rings. The first-order valence-corrected chi connectivity index (χ1v) is 5.02. The lowest BCUT2D eigenvalue weighted by Crippen LogP contribution is -2.00. The summed E-state index contributed by atoms with van der Waals surface area (Å²) in [6.45, 7) is 0. The molecule has 2 aromatic rings. The Kier molecular flexibility index (Phi) is 2.97. The molecular formula is C12H9ClO3. The molecule has 0 fully saturated rings. The molecule has 4 heteroatoms. The van der Waals surface area contributed by atoms with Gasteiger partial charge in [-0.1, -0.05) is 23.7 Å². The van der Waals surface area contributed by atoms with Crippen LogP contribution in [0.2, 0.25) is 5.02 Å². The summed E-state index contributed by atoms with van der Waals surface area (Å²) in [6.07, 6.45) is 1.45. The van der Waals surface area contributed by atoms with Crippen LogP contribution in [-0.4, -0.2) is 13.1 Å². The molecule has 3 nitrogen and oxygen atoms in total. The lowest BCUT2D eigenvalue weighted by atomic mass is 10.1. The maximum Gasteiger partial charge on any atom is 0.374 e. The van der Waals surface area contributed by atoms with E-state index in [-0.39, 0.29) is 5.76 Å².